The molecule has 186 valence electrons. The number of rotatable bonds is 5. The van der Waals surface area contributed by atoms with Crippen LogP contribution in [0, 0.1) is 0 Å². The summed E-state index contributed by atoms with van der Waals surface area (Å²) >= 11 is 0. The van der Waals surface area contributed by atoms with E-state index in [0.29, 0.717) is 49.3 Å². The van der Waals surface area contributed by atoms with Crippen LogP contribution in [0.25, 0.3) is 11.2 Å². The molecule has 2 saturated heterocycles. The van der Waals surface area contributed by atoms with Gasteiger partial charge in [-0.1, -0.05) is 11.6 Å². The van der Waals surface area contributed by atoms with E-state index in [9.17, 15) is 14.7 Å². The summed E-state index contributed by atoms with van der Waals surface area (Å²) < 4.78 is 9.89. The van der Waals surface area contributed by atoms with Crippen molar-refractivity contribution in [3.05, 3.63) is 32.5 Å². The molecule has 2 aromatic rings. The largest absolute Gasteiger partial charge is 0.388 e. The second-order valence-corrected chi connectivity index (χ2v) is 9.23. The van der Waals surface area contributed by atoms with Gasteiger partial charge in [-0.3, -0.25) is 18.9 Å². The molecule has 4 heterocycles. The van der Waals surface area contributed by atoms with Gasteiger partial charge in [0.2, 0.25) is 5.95 Å². The fraction of sp³-hybridized carbons (Fsp3) is 0.652. The number of aliphatic hydroxyl groups is 1. The molecule has 11 nitrogen and oxygen atoms in total. The lowest BCUT2D eigenvalue weighted by Crippen LogP contribution is -2.45. The van der Waals surface area contributed by atoms with Crippen LogP contribution < -0.4 is 16.1 Å². The molecule has 1 unspecified atom stereocenters. The van der Waals surface area contributed by atoms with E-state index < -0.39 is 5.69 Å². The third-order valence-corrected chi connectivity index (χ3v) is 6.54. The van der Waals surface area contributed by atoms with Gasteiger partial charge < -0.3 is 24.2 Å². The Hall–Kier alpha value is -2.92. The molecule has 0 radical (unpaired) electrons. The first-order valence-corrected chi connectivity index (χ1v) is 11.9. The molecule has 4 rings (SSSR count). The van der Waals surface area contributed by atoms with E-state index in [-0.39, 0.29) is 18.2 Å². The van der Waals surface area contributed by atoms with E-state index in [1.54, 1.807) is 7.05 Å². The molecule has 0 amide bonds. The van der Waals surface area contributed by atoms with Gasteiger partial charge in [-0.15, -0.1) is 0 Å². The number of fused-ring (bicyclic) bond motifs is 1. The van der Waals surface area contributed by atoms with Crippen molar-refractivity contribution in [2.24, 2.45) is 19.1 Å². The molecule has 0 aromatic carbocycles. The number of aliphatic imine (C=N–C) groups is 1. The maximum Gasteiger partial charge on any atom is 0.332 e. The van der Waals surface area contributed by atoms with Gasteiger partial charge >= 0.3 is 5.69 Å². The monoisotopic (exact) mass is 473 g/mol. The molecule has 34 heavy (non-hydrogen) atoms. The van der Waals surface area contributed by atoms with Crippen molar-refractivity contribution < 1.29 is 9.84 Å². The lowest BCUT2D eigenvalue weighted by Gasteiger charge is -2.34. The van der Waals surface area contributed by atoms with E-state index >= 15 is 0 Å². The van der Waals surface area contributed by atoms with E-state index in [2.05, 4.69) is 15.9 Å². The first kappa shape index (κ1) is 24.2. The molecule has 0 spiro atoms. The summed E-state index contributed by atoms with van der Waals surface area (Å²) in [7, 11) is 3.14. The van der Waals surface area contributed by atoms with Gasteiger partial charge in [0.15, 0.2) is 11.2 Å². The smallest absolute Gasteiger partial charge is 0.332 e. The van der Waals surface area contributed by atoms with Gasteiger partial charge in [0.05, 0.1) is 19.3 Å². The zero-order chi connectivity index (χ0) is 24.4. The van der Waals surface area contributed by atoms with Gasteiger partial charge in [-0.05, 0) is 26.7 Å². The zero-order valence-corrected chi connectivity index (χ0v) is 20.5. The Kier molecular flexibility index (Phi) is 7.22. The Morgan fingerprint density at radius 1 is 1.18 bits per heavy atom. The minimum atomic E-state index is -0.393. The van der Waals surface area contributed by atoms with Crippen LogP contribution in [0.1, 0.15) is 26.7 Å². The van der Waals surface area contributed by atoms with Crippen LogP contribution in [0.4, 0.5) is 5.95 Å². The summed E-state index contributed by atoms with van der Waals surface area (Å²) in [5, 5.41) is 9.95. The molecule has 1 N–H and O–H groups in total. The first-order chi connectivity index (χ1) is 16.3. The second kappa shape index (κ2) is 10.1. The van der Waals surface area contributed by atoms with E-state index in [0.717, 1.165) is 42.6 Å². The molecule has 1 atom stereocenters. The SMILES string of the molecule is CC(C)=CCn1c(N2CCCC(N=C(CO)N3CCOCC3)C2)nc2c1c(=O)n(C)c(=O)n2C. The van der Waals surface area contributed by atoms with Crippen molar-refractivity contribution in [1.29, 1.82) is 0 Å². The van der Waals surface area contributed by atoms with Crippen molar-refractivity contribution in [2.75, 3.05) is 50.9 Å². The number of nitrogens with zero attached hydrogens (tertiary/aromatic N) is 7. The fourth-order valence-corrected chi connectivity index (χ4v) is 4.62. The number of aromatic nitrogens is 4. The molecular weight excluding hydrogens is 438 g/mol. The summed E-state index contributed by atoms with van der Waals surface area (Å²) in [5.74, 6) is 1.37. The number of allylic oxidation sites excluding steroid dienone is 2. The summed E-state index contributed by atoms with van der Waals surface area (Å²) in [4.78, 5) is 39.5. The summed E-state index contributed by atoms with van der Waals surface area (Å²) in [5.41, 5.74) is 1.21. The van der Waals surface area contributed by atoms with Crippen LogP contribution in [-0.4, -0.2) is 86.6 Å². The Balaban J connectivity index is 1.72. The van der Waals surface area contributed by atoms with E-state index in [1.807, 2.05) is 18.4 Å². The Morgan fingerprint density at radius 2 is 1.91 bits per heavy atom. The number of imidazole rings is 1. The summed E-state index contributed by atoms with van der Waals surface area (Å²) in [6, 6.07) is 0.00196. The number of anilines is 1. The van der Waals surface area contributed by atoms with Crippen molar-refractivity contribution >= 4 is 22.9 Å². The molecule has 2 aliphatic rings. The van der Waals surface area contributed by atoms with Crippen molar-refractivity contribution in [3.8, 4) is 0 Å². The predicted molar refractivity (Wildman–Crippen MR) is 132 cm³/mol. The highest BCUT2D eigenvalue weighted by atomic mass is 16.5. The van der Waals surface area contributed by atoms with Crippen LogP contribution in [-0.2, 0) is 25.4 Å². The normalized spacial score (nSPS) is 19.7. The molecule has 0 bridgehead atoms. The molecule has 0 aliphatic carbocycles. The molecular formula is C23H35N7O4. The second-order valence-electron chi connectivity index (χ2n) is 9.23. The molecule has 11 heteroatoms. The lowest BCUT2D eigenvalue weighted by atomic mass is 10.1. The van der Waals surface area contributed by atoms with Crippen molar-refractivity contribution in [1.82, 2.24) is 23.6 Å². The van der Waals surface area contributed by atoms with Gasteiger partial charge in [0.1, 0.15) is 12.4 Å². The first-order valence-electron chi connectivity index (χ1n) is 11.9. The number of amidine groups is 1. The van der Waals surface area contributed by atoms with E-state index in [4.69, 9.17) is 14.7 Å². The fourth-order valence-electron chi connectivity index (χ4n) is 4.62. The number of hydrogen-bond acceptors (Lipinski definition) is 7. The summed E-state index contributed by atoms with van der Waals surface area (Å²) in [6.45, 7) is 8.55. The van der Waals surface area contributed by atoms with Crippen LogP contribution >= 0.6 is 0 Å². The Morgan fingerprint density at radius 3 is 2.59 bits per heavy atom. The number of hydrogen-bond donors (Lipinski definition) is 1. The quantitative estimate of drug-likeness (QED) is 0.372. The van der Waals surface area contributed by atoms with Crippen molar-refractivity contribution in [3.63, 3.8) is 0 Å². The van der Waals surface area contributed by atoms with Gasteiger partial charge in [-0.2, -0.15) is 4.98 Å². The van der Waals surface area contributed by atoms with E-state index in [1.165, 1.54) is 11.6 Å². The molecule has 0 saturated carbocycles. The van der Waals surface area contributed by atoms with Crippen LogP contribution in [0.3, 0.4) is 0 Å². The minimum Gasteiger partial charge on any atom is -0.388 e. The topological polar surface area (TPSA) is 110 Å². The summed E-state index contributed by atoms with van der Waals surface area (Å²) in [6.07, 6.45) is 3.88. The minimum absolute atomic E-state index is 0.00196. The molecule has 2 aromatic heterocycles. The highest BCUT2D eigenvalue weighted by Crippen LogP contribution is 2.25. The standard InChI is InChI=1S/C23H35N7O4/c1-16(2)7-9-30-19-20(26(3)23(33)27(4)21(19)32)25-22(30)29-8-5-6-17(14-29)24-18(15-31)28-10-12-34-13-11-28/h7,17,31H,5-6,8-15H2,1-4H3. The zero-order valence-electron chi connectivity index (χ0n) is 20.5. The average molecular weight is 474 g/mol. The third kappa shape index (κ3) is 4.67. The average Bonchev–Trinajstić information content (AvgIpc) is 3.24. The van der Waals surface area contributed by atoms with Crippen molar-refractivity contribution in [2.45, 2.75) is 39.3 Å². The third-order valence-electron chi connectivity index (χ3n) is 6.54. The Labute approximate surface area is 198 Å². The number of aryl methyl sites for hydroxylation is 1. The lowest BCUT2D eigenvalue weighted by molar-refractivity contribution is 0.0654. The predicted octanol–water partition coefficient (Wildman–Crippen LogP) is 0.0917. The van der Waals surface area contributed by atoms with Crippen LogP contribution in [0.5, 0.6) is 0 Å². The highest BCUT2D eigenvalue weighted by Gasteiger charge is 2.27. The maximum absolute atomic E-state index is 13.1. The number of piperidine rings is 1. The van der Waals surface area contributed by atoms with Gasteiger partial charge in [0.25, 0.3) is 5.56 Å². The van der Waals surface area contributed by atoms with Gasteiger partial charge in [-0.25, -0.2) is 4.79 Å². The van der Waals surface area contributed by atoms with Crippen LogP contribution in [0.2, 0.25) is 0 Å². The molecule has 2 fully saturated rings. The van der Waals surface area contributed by atoms with Gasteiger partial charge in [0, 0.05) is 46.8 Å². The molecule has 2 aliphatic heterocycles. The number of morpholine rings is 1. The highest BCUT2D eigenvalue weighted by molar-refractivity contribution is 5.83. The number of aliphatic hydroxyl groups excluding tert-OH is 1. The number of ether oxygens (including phenoxy) is 1. The Bertz CT molecular complexity index is 1210. The maximum atomic E-state index is 13.1. The van der Waals surface area contributed by atoms with Crippen LogP contribution in [0.15, 0.2) is 26.2 Å².